The summed E-state index contributed by atoms with van der Waals surface area (Å²) in [6.07, 6.45) is -0.691. The number of rotatable bonds is 13. The number of carbonyl (C=O) groups excluding carboxylic acids is 4. The molecule has 0 aliphatic heterocycles. The molecule has 0 aliphatic carbocycles. The van der Waals surface area contributed by atoms with Gasteiger partial charge in [0, 0.05) is 19.3 Å². The second kappa shape index (κ2) is 12.1. The summed E-state index contributed by atoms with van der Waals surface area (Å²) in [5.41, 5.74) is 16.4. The van der Waals surface area contributed by atoms with Crippen molar-refractivity contribution in [3.8, 4) is 5.75 Å². The van der Waals surface area contributed by atoms with E-state index in [-0.39, 0.29) is 37.9 Å². The van der Waals surface area contributed by atoms with Gasteiger partial charge in [0.05, 0.1) is 6.04 Å². The molecule has 1 aromatic rings. The molecule has 0 saturated carbocycles. The molecule has 1 rings (SSSR count). The Kier molecular flexibility index (Phi) is 9.92. The third-order valence-corrected chi connectivity index (χ3v) is 4.34. The number of hydrogen-bond acceptors (Lipinski definition) is 7. The highest BCUT2D eigenvalue weighted by Crippen LogP contribution is 2.12. The van der Waals surface area contributed by atoms with Crippen molar-refractivity contribution in [1.29, 1.82) is 0 Å². The third kappa shape index (κ3) is 9.58. The number of nitrogens with two attached hydrogens (primary N) is 3. The van der Waals surface area contributed by atoms with E-state index in [2.05, 4.69) is 10.6 Å². The van der Waals surface area contributed by atoms with E-state index in [0.717, 1.165) is 0 Å². The predicted molar refractivity (Wildman–Crippen MR) is 108 cm³/mol. The van der Waals surface area contributed by atoms with Gasteiger partial charge in [0.2, 0.25) is 23.6 Å². The second-order valence-corrected chi connectivity index (χ2v) is 6.95. The topological polar surface area (TPSA) is 228 Å². The molecule has 0 heterocycles. The average molecular weight is 437 g/mol. The fourth-order valence-electron chi connectivity index (χ4n) is 2.60. The maximum Gasteiger partial charge on any atom is 0.326 e. The Hall–Kier alpha value is -3.67. The van der Waals surface area contributed by atoms with Crippen molar-refractivity contribution in [1.82, 2.24) is 10.6 Å². The molecular weight excluding hydrogens is 410 g/mol. The first-order valence-electron chi connectivity index (χ1n) is 9.43. The first-order chi connectivity index (χ1) is 14.5. The normalized spacial score (nSPS) is 13.5. The maximum absolute atomic E-state index is 12.7. The van der Waals surface area contributed by atoms with Gasteiger partial charge in [0.15, 0.2) is 0 Å². The number of nitrogens with one attached hydrogen (secondary N) is 2. The summed E-state index contributed by atoms with van der Waals surface area (Å²) in [7, 11) is 0. The maximum atomic E-state index is 12.7. The number of carboxylic acid groups (broad SMARTS) is 1. The Balaban J connectivity index is 2.96. The van der Waals surface area contributed by atoms with Gasteiger partial charge in [0.25, 0.3) is 0 Å². The van der Waals surface area contributed by atoms with Crippen LogP contribution in [0.1, 0.15) is 31.2 Å². The Morgan fingerprint density at radius 1 is 0.839 bits per heavy atom. The average Bonchev–Trinajstić information content (AvgIpc) is 2.69. The fourth-order valence-corrected chi connectivity index (χ4v) is 2.60. The van der Waals surface area contributed by atoms with Crippen molar-refractivity contribution in [3.63, 3.8) is 0 Å². The molecule has 0 spiro atoms. The molecule has 0 aromatic heterocycles. The third-order valence-electron chi connectivity index (χ3n) is 4.34. The molecule has 0 aliphatic rings. The van der Waals surface area contributed by atoms with Crippen LogP contribution in [0.15, 0.2) is 24.3 Å². The minimum absolute atomic E-state index is 0.000320. The van der Waals surface area contributed by atoms with Crippen LogP contribution in [0.4, 0.5) is 0 Å². The Morgan fingerprint density at radius 3 is 1.87 bits per heavy atom. The zero-order valence-electron chi connectivity index (χ0n) is 16.7. The SMILES string of the molecule is NC(=O)CCC(N)C(=O)NC(Cc1ccc(O)cc1)C(=O)NC(CCC(N)=O)C(=O)O. The molecule has 0 saturated heterocycles. The molecule has 3 unspecified atom stereocenters. The smallest absolute Gasteiger partial charge is 0.326 e. The van der Waals surface area contributed by atoms with E-state index in [1.165, 1.54) is 24.3 Å². The van der Waals surface area contributed by atoms with Gasteiger partial charge in [-0.15, -0.1) is 0 Å². The van der Waals surface area contributed by atoms with Gasteiger partial charge in [-0.25, -0.2) is 4.79 Å². The van der Waals surface area contributed by atoms with E-state index >= 15 is 0 Å². The molecular formula is C19H27N5O7. The molecule has 0 fully saturated rings. The van der Waals surface area contributed by atoms with Gasteiger partial charge in [-0.05, 0) is 30.5 Å². The number of benzene rings is 1. The van der Waals surface area contributed by atoms with Crippen LogP contribution in [-0.4, -0.2) is 57.9 Å². The van der Waals surface area contributed by atoms with Crippen LogP contribution >= 0.6 is 0 Å². The number of carbonyl (C=O) groups is 5. The zero-order valence-corrected chi connectivity index (χ0v) is 16.7. The van der Waals surface area contributed by atoms with Crippen molar-refractivity contribution >= 4 is 29.6 Å². The number of primary amides is 2. The van der Waals surface area contributed by atoms with Gasteiger partial charge in [-0.1, -0.05) is 12.1 Å². The van der Waals surface area contributed by atoms with E-state index in [9.17, 15) is 34.2 Å². The highest BCUT2D eigenvalue weighted by molar-refractivity contribution is 5.92. The van der Waals surface area contributed by atoms with Crippen LogP contribution in [0.25, 0.3) is 0 Å². The molecule has 12 nitrogen and oxygen atoms in total. The van der Waals surface area contributed by atoms with E-state index in [0.29, 0.717) is 5.56 Å². The van der Waals surface area contributed by atoms with Crippen LogP contribution in [0.5, 0.6) is 5.75 Å². The quantitative estimate of drug-likeness (QED) is 0.179. The summed E-state index contributed by atoms with van der Waals surface area (Å²) in [6.45, 7) is 0. The Labute approximate surface area is 178 Å². The van der Waals surface area contributed by atoms with Crippen molar-refractivity contribution in [3.05, 3.63) is 29.8 Å². The summed E-state index contributed by atoms with van der Waals surface area (Å²) < 4.78 is 0. The molecule has 12 heteroatoms. The summed E-state index contributed by atoms with van der Waals surface area (Å²) in [5, 5.41) is 23.4. The van der Waals surface area contributed by atoms with Crippen LogP contribution in [-0.2, 0) is 30.4 Å². The largest absolute Gasteiger partial charge is 0.508 e. The molecule has 170 valence electrons. The summed E-state index contributed by atoms with van der Waals surface area (Å²) in [6, 6.07) is 2.09. The molecule has 1 aromatic carbocycles. The fraction of sp³-hybridized carbons (Fsp3) is 0.421. The van der Waals surface area contributed by atoms with Crippen molar-refractivity contribution < 1.29 is 34.2 Å². The minimum atomic E-state index is -1.40. The van der Waals surface area contributed by atoms with Gasteiger partial charge >= 0.3 is 5.97 Å². The van der Waals surface area contributed by atoms with E-state index < -0.39 is 47.7 Å². The van der Waals surface area contributed by atoms with E-state index in [1.54, 1.807) is 0 Å². The van der Waals surface area contributed by atoms with E-state index in [1.807, 2.05) is 0 Å². The lowest BCUT2D eigenvalue weighted by Crippen LogP contribution is -2.55. The second-order valence-electron chi connectivity index (χ2n) is 6.95. The van der Waals surface area contributed by atoms with Crippen LogP contribution in [0.2, 0.25) is 0 Å². The number of phenolic OH excluding ortho intramolecular Hbond substituents is 1. The Morgan fingerprint density at radius 2 is 1.35 bits per heavy atom. The van der Waals surface area contributed by atoms with Crippen LogP contribution < -0.4 is 27.8 Å². The van der Waals surface area contributed by atoms with Crippen LogP contribution in [0.3, 0.4) is 0 Å². The van der Waals surface area contributed by atoms with Crippen molar-refractivity contribution in [2.45, 2.75) is 50.2 Å². The molecule has 31 heavy (non-hydrogen) atoms. The first-order valence-corrected chi connectivity index (χ1v) is 9.43. The van der Waals surface area contributed by atoms with Gasteiger partial charge in [-0.2, -0.15) is 0 Å². The van der Waals surface area contributed by atoms with E-state index in [4.69, 9.17) is 17.2 Å². The zero-order chi connectivity index (χ0) is 23.6. The monoisotopic (exact) mass is 437 g/mol. The lowest BCUT2D eigenvalue weighted by molar-refractivity contribution is -0.142. The van der Waals surface area contributed by atoms with Gasteiger partial charge in [-0.3, -0.25) is 19.2 Å². The standard InChI is InChI=1S/C19H27N5O7/c20-12(5-7-15(21)26)17(28)24-14(9-10-1-3-11(25)4-2-10)18(29)23-13(19(30)31)6-8-16(22)27/h1-4,12-14,25H,5-9,20H2,(H2,21,26)(H2,22,27)(H,23,29)(H,24,28)(H,30,31). The number of phenols is 1. The number of aromatic hydroxyl groups is 1. The van der Waals surface area contributed by atoms with Crippen molar-refractivity contribution in [2.75, 3.05) is 0 Å². The summed E-state index contributed by atoms with van der Waals surface area (Å²) in [4.78, 5) is 58.3. The number of aliphatic carboxylic acids is 1. The Bertz CT molecular complexity index is 812. The van der Waals surface area contributed by atoms with Crippen LogP contribution in [0, 0.1) is 0 Å². The molecule has 0 bridgehead atoms. The van der Waals surface area contributed by atoms with Gasteiger partial charge in [0.1, 0.15) is 17.8 Å². The molecule has 0 radical (unpaired) electrons. The van der Waals surface area contributed by atoms with Gasteiger partial charge < -0.3 is 38.0 Å². The highest BCUT2D eigenvalue weighted by Gasteiger charge is 2.28. The summed E-state index contributed by atoms with van der Waals surface area (Å²) in [5.74, 6) is -4.29. The first kappa shape index (κ1) is 25.4. The number of hydrogen-bond donors (Lipinski definition) is 7. The minimum Gasteiger partial charge on any atom is -0.508 e. The lowest BCUT2D eigenvalue weighted by atomic mass is 10.0. The summed E-state index contributed by atoms with van der Waals surface area (Å²) >= 11 is 0. The molecule has 10 N–H and O–H groups in total. The highest BCUT2D eigenvalue weighted by atomic mass is 16.4. The predicted octanol–water partition coefficient (Wildman–Crippen LogP) is -2.15. The molecule has 4 amide bonds. The number of carboxylic acids is 1. The molecule has 3 atom stereocenters. The number of amides is 4. The lowest BCUT2D eigenvalue weighted by Gasteiger charge is -2.23. The van der Waals surface area contributed by atoms with Crippen molar-refractivity contribution in [2.24, 2.45) is 17.2 Å².